The summed E-state index contributed by atoms with van der Waals surface area (Å²) in [6.07, 6.45) is 0.903. The fraction of sp³-hybridized carbons (Fsp3) is 0.364. The fourth-order valence-corrected chi connectivity index (χ4v) is 3.64. The first-order valence-electron chi connectivity index (χ1n) is 9.29. The molecule has 2 aromatic rings. The highest BCUT2D eigenvalue weighted by Gasteiger charge is 2.40. The van der Waals surface area contributed by atoms with E-state index >= 15 is 0 Å². The molecule has 1 N–H and O–H groups in total. The van der Waals surface area contributed by atoms with Gasteiger partial charge in [-0.1, -0.05) is 55.5 Å². The molecule has 0 saturated carbocycles. The predicted octanol–water partition coefficient (Wildman–Crippen LogP) is 3.38. The molecular formula is C22H26N2O2. The van der Waals surface area contributed by atoms with Crippen molar-refractivity contribution < 1.29 is 9.59 Å². The van der Waals surface area contributed by atoms with Crippen molar-refractivity contribution in [1.29, 1.82) is 0 Å². The Balaban J connectivity index is 1.85. The molecule has 0 bridgehead atoms. The van der Waals surface area contributed by atoms with E-state index in [1.807, 2.05) is 73.3 Å². The Kier molecular flexibility index (Phi) is 5.71. The van der Waals surface area contributed by atoms with Crippen LogP contribution in [0.2, 0.25) is 0 Å². The Morgan fingerprint density at radius 1 is 1.04 bits per heavy atom. The molecule has 26 heavy (non-hydrogen) atoms. The first-order valence-corrected chi connectivity index (χ1v) is 9.29. The van der Waals surface area contributed by atoms with E-state index in [0.29, 0.717) is 25.2 Å². The maximum atomic E-state index is 13.0. The van der Waals surface area contributed by atoms with Crippen LogP contribution in [-0.2, 0) is 4.79 Å². The standard InChI is InChI=1S/C22H26N2O2/c1-3-13-23-21(25)20-15-24(14-19(20)17-10-5-4-6-11-17)22(26)18-12-8-7-9-16(18)2/h4-12,19-20H,3,13-15H2,1-2H3,(H,23,25)/t19-,20+/m1/s1. The number of likely N-dealkylation sites (tertiary alicyclic amines) is 1. The molecule has 0 aromatic heterocycles. The van der Waals surface area contributed by atoms with Crippen LogP contribution >= 0.6 is 0 Å². The summed E-state index contributed by atoms with van der Waals surface area (Å²) in [5.74, 6) is -0.131. The first-order chi connectivity index (χ1) is 12.6. The highest BCUT2D eigenvalue weighted by molar-refractivity contribution is 5.96. The second kappa shape index (κ2) is 8.17. The van der Waals surface area contributed by atoms with Crippen molar-refractivity contribution in [3.8, 4) is 0 Å². The topological polar surface area (TPSA) is 49.4 Å². The molecule has 2 aromatic carbocycles. The third kappa shape index (κ3) is 3.79. The average Bonchev–Trinajstić information content (AvgIpc) is 3.12. The van der Waals surface area contributed by atoms with E-state index in [2.05, 4.69) is 5.32 Å². The number of hydrogen-bond donors (Lipinski definition) is 1. The van der Waals surface area contributed by atoms with Gasteiger partial charge in [-0.2, -0.15) is 0 Å². The fourth-order valence-electron chi connectivity index (χ4n) is 3.64. The van der Waals surface area contributed by atoms with E-state index in [-0.39, 0.29) is 23.7 Å². The number of carbonyl (C=O) groups excluding carboxylic acids is 2. The molecule has 1 saturated heterocycles. The number of nitrogens with zero attached hydrogens (tertiary/aromatic N) is 1. The van der Waals surface area contributed by atoms with Crippen LogP contribution in [0, 0.1) is 12.8 Å². The summed E-state index contributed by atoms with van der Waals surface area (Å²) < 4.78 is 0. The molecule has 136 valence electrons. The van der Waals surface area contributed by atoms with Crippen molar-refractivity contribution in [2.45, 2.75) is 26.2 Å². The molecule has 1 aliphatic heterocycles. The van der Waals surface area contributed by atoms with Crippen LogP contribution in [0.4, 0.5) is 0 Å². The predicted molar refractivity (Wildman–Crippen MR) is 103 cm³/mol. The lowest BCUT2D eigenvalue weighted by atomic mass is 9.88. The van der Waals surface area contributed by atoms with E-state index in [1.165, 1.54) is 0 Å². The van der Waals surface area contributed by atoms with E-state index < -0.39 is 0 Å². The molecule has 3 rings (SSSR count). The molecule has 4 heteroatoms. The van der Waals surface area contributed by atoms with Crippen molar-refractivity contribution in [3.63, 3.8) is 0 Å². The normalized spacial score (nSPS) is 19.4. The summed E-state index contributed by atoms with van der Waals surface area (Å²) in [6.45, 7) is 5.69. The van der Waals surface area contributed by atoms with Crippen LogP contribution < -0.4 is 5.32 Å². The van der Waals surface area contributed by atoms with Crippen molar-refractivity contribution in [1.82, 2.24) is 10.2 Å². The zero-order valence-corrected chi connectivity index (χ0v) is 15.4. The molecule has 0 unspecified atom stereocenters. The van der Waals surface area contributed by atoms with Crippen molar-refractivity contribution >= 4 is 11.8 Å². The number of nitrogens with one attached hydrogen (secondary N) is 1. The van der Waals surface area contributed by atoms with E-state index in [4.69, 9.17) is 0 Å². The molecule has 1 aliphatic rings. The van der Waals surface area contributed by atoms with Gasteiger partial charge in [0, 0.05) is 31.1 Å². The zero-order valence-electron chi connectivity index (χ0n) is 15.4. The third-order valence-electron chi connectivity index (χ3n) is 5.10. The smallest absolute Gasteiger partial charge is 0.254 e. The number of hydrogen-bond acceptors (Lipinski definition) is 2. The lowest BCUT2D eigenvalue weighted by Gasteiger charge is -2.18. The average molecular weight is 350 g/mol. The SMILES string of the molecule is CCCNC(=O)[C@H]1CN(C(=O)c2ccccc2C)C[C@@H]1c1ccccc1. The number of carbonyl (C=O) groups is 2. The minimum absolute atomic E-state index is 0.00910. The van der Waals surface area contributed by atoms with Crippen molar-refractivity contribution in [3.05, 3.63) is 71.3 Å². The van der Waals surface area contributed by atoms with Gasteiger partial charge in [-0.25, -0.2) is 0 Å². The molecule has 2 amide bonds. The van der Waals surface area contributed by atoms with Gasteiger partial charge in [0.05, 0.1) is 5.92 Å². The van der Waals surface area contributed by atoms with Crippen LogP contribution in [0.1, 0.15) is 40.7 Å². The minimum Gasteiger partial charge on any atom is -0.356 e. The van der Waals surface area contributed by atoms with E-state index in [0.717, 1.165) is 17.5 Å². The quantitative estimate of drug-likeness (QED) is 0.899. The Morgan fingerprint density at radius 3 is 2.42 bits per heavy atom. The molecule has 4 nitrogen and oxygen atoms in total. The Morgan fingerprint density at radius 2 is 1.73 bits per heavy atom. The maximum Gasteiger partial charge on any atom is 0.254 e. The highest BCUT2D eigenvalue weighted by Crippen LogP contribution is 2.34. The number of rotatable bonds is 5. The molecule has 0 aliphatic carbocycles. The summed E-state index contributed by atoms with van der Waals surface area (Å²) in [5, 5.41) is 3.01. The lowest BCUT2D eigenvalue weighted by molar-refractivity contribution is -0.124. The lowest BCUT2D eigenvalue weighted by Crippen LogP contribution is -2.36. The van der Waals surface area contributed by atoms with Gasteiger partial charge in [0.15, 0.2) is 0 Å². The molecule has 0 radical (unpaired) electrons. The van der Waals surface area contributed by atoms with Crippen LogP contribution in [0.25, 0.3) is 0 Å². The van der Waals surface area contributed by atoms with Crippen LogP contribution in [0.5, 0.6) is 0 Å². The van der Waals surface area contributed by atoms with Gasteiger partial charge in [0.2, 0.25) is 5.91 Å². The monoisotopic (exact) mass is 350 g/mol. The van der Waals surface area contributed by atoms with Crippen LogP contribution in [0.3, 0.4) is 0 Å². The Bertz CT molecular complexity index is 773. The Labute approximate surface area is 155 Å². The number of aryl methyl sites for hydroxylation is 1. The van der Waals surface area contributed by atoms with Gasteiger partial charge >= 0.3 is 0 Å². The van der Waals surface area contributed by atoms with Gasteiger partial charge < -0.3 is 10.2 Å². The molecule has 1 heterocycles. The summed E-state index contributed by atoms with van der Waals surface area (Å²) in [5.41, 5.74) is 2.80. The van der Waals surface area contributed by atoms with E-state index in [1.54, 1.807) is 0 Å². The van der Waals surface area contributed by atoms with Crippen molar-refractivity contribution in [2.24, 2.45) is 5.92 Å². The maximum absolute atomic E-state index is 13.0. The van der Waals surface area contributed by atoms with Crippen LogP contribution in [0.15, 0.2) is 54.6 Å². The first kappa shape index (κ1) is 18.2. The molecule has 1 fully saturated rings. The second-order valence-corrected chi connectivity index (χ2v) is 6.94. The zero-order chi connectivity index (χ0) is 18.5. The molecular weight excluding hydrogens is 324 g/mol. The highest BCUT2D eigenvalue weighted by atomic mass is 16.2. The van der Waals surface area contributed by atoms with Gasteiger partial charge in [0.1, 0.15) is 0 Å². The van der Waals surface area contributed by atoms with E-state index in [9.17, 15) is 9.59 Å². The van der Waals surface area contributed by atoms with Crippen molar-refractivity contribution in [2.75, 3.05) is 19.6 Å². The van der Waals surface area contributed by atoms with Crippen LogP contribution in [-0.4, -0.2) is 36.3 Å². The van der Waals surface area contributed by atoms with Gasteiger partial charge in [-0.05, 0) is 30.5 Å². The van der Waals surface area contributed by atoms with Gasteiger partial charge in [-0.3, -0.25) is 9.59 Å². The number of amides is 2. The summed E-state index contributed by atoms with van der Waals surface area (Å²) >= 11 is 0. The van der Waals surface area contributed by atoms with Gasteiger partial charge in [-0.15, -0.1) is 0 Å². The summed E-state index contributed by atoms with van der Waals surface area (Å²) in [4.78, 5) is 27.6. The molecule has 0 spiro atoms. The number of benzene rings is 2. The minimum atomic E-state index is -0.211. The molecule has 2 atom stereocenters. The summed E-state index contributed by atoms with van der Waals surface area (Å²) in [6, 6.07) is 17.7. The Hall–Kier alpha value is -2.62. The second-order valence-electron chi connectivity index (χ2n) is 6.94. The summed E-state index contributed by atoms with van der Waals surface area (Å²) in [7, 11) is 0. The third-order valence-corrected chi connectivity index (χ3v) is 5.10. The largest absolute Gasteiger partial charge is 0.356 e. The van der Waals surface area contributed by atoms with Gasteiger partial charge in [0.25, 0.3) is 5.91 Å².